The molecule has 0 bridgehead atoms. The van der Waals surface area contributed by atoms with Crippen LogP contribution in [0.2, 0.25) is 0 Å². The van der Waals surface area contributed by atoms with Gasteiger partial charge < -0.3 is 19.1 Å². The average Bonchev–Trinajstić information content (AvgIpc) is 3.21. The molecule has 0 unspecified atom stereocenters. The summed E-state index contributed by atoms with van der Waals surface area (Å²) >= 11 is 0. The molecule has 3 aromatic heterocycles. The van der Waals surface area contributed by atoms with E-state index in [1.165, 1.54) is 0 Å². The van der Waals surface area contributed by atoms with Crippen LogP contribution in [0.1, 0.15) is 23.8 Å². The lowest BCUT2D eigenvalue weighted by Crippen LogP contribution is -2.07. The number of aromatic amines is 2. The van der Waals surface area contributed by atoms with Gasteiger partial charge in [-0.2, -0.15) is 0 Å². The van der Waals surface area contributed by atoms with Crippen molar-refractivity contribution in [2.45, 2.75) is 19.8 Å². The molecule has 0 aliphatic heterocycles. The molecule has 3 aromatic rings. The maximum Gasteiger partial charge on any atom is 0.310 e. The Bertz CT molecular complexity index is 738. The molecule has 114 valence electrons. The van der Waals surface area contributed by atoms with Crippen LogP contribution in [-0.2, 0) is 22.4 Å². The standard InChI is InChI=1S/C17H18N2O3/c1-2-21-16(20)9-12-5-6-19-17(12)15-11-18-10-13(15)8-14-4-3-7-22-14/h3-7,10-11,18-19H,2,8-9H2,1H3. The Morgan fingerprint density at radius 3 is 2.95 bits per heavy atom. The number of H-pyrrole nitrogens is 2. The summed E-state index contributed by atoms with van der Waals surface area (Å²) in [6, 6.07) is 5.74. The third-order valence-electron chi connectivity index (χ3n) is 3.52. The molecular weight excluding hydrogens is 280 g/mol. The Morgan fingerprint density at radius 2 is 2.18 bits per heavy atom. The van der Waals surface area contributed by atoms with E-state index in [1.54, 1.807) is 6.26 Å². The van der Waals surface area contributed by atoms with Crippen LogP contribution in [0.15, 0.2) is 47.5 Å². The molecule has 2 N–H and O–H groups in total. The fraction of sp³-hybridized carbons (Fsp3) is 0.235. The molecule has 3 rings (SSSR count). The van der Waals surface area contributed by atoms with Crippen LogP contribution in [0.3, 0.4) is 0 Å². The second-order valence-electron chi connectivity index (χ2n) is 5.01. The number of furan rings is 1. The minimum Gasteiger partial charge on any atom is -0.469 e. The fourth-order valence-corrected chi connectivity index (χ4v) is 2.54. The number of hydrogen-bond donors (Lipinski definition) is 2. The number of rotatable bonds is 6. The van der Waals surface area contributed by atoms with Gasteiger partial charge in [-0.1, -0.05) is 0 Å². The zero-order valence-electron chi connectivity index (χ0n) is 12.4. The fourth-order valence-electron chi connectivity index (χ4n) is 2.54. The SMILES string of the molecule is CCOC(=O)Cc1cc[nH]c1-c1c[nH]cc1Cc1ccco1. The highest BCUT2D eigenvalue weighted by Crippen LogP contribution is 2.28. The van der Waals surface area contributed by atoms with Gasteiger partial charge in [-0.25, -0.2) is 0 Å². The van der Waals surface area contributed by atoms with Crippen LogP contribution in [0.5, 0.6) is 0 Å². The summed E-state index contributed by atoms with van der Waals surface area (Å²) < 4.78 is 10.4. The molecule has 5 nitrogen and oxygen atoms in total. The zero-order valence-corrected chi connectivity index (χ0v) is 12.4. The first-order valence-corrected chi connectivity index (χ1v) is 7.28. The predicted octanol–water partition coefficient (Wildman–Crippen LogP) is 3.30. The van der Waals surface area contributed by atoms with Crippen molar-refractivity contribution in [2.75, 3.05) is 6.61 Å². The number of esters is 1. The summed E-state index contributed by atoms with van der Waals surface area (Å²) in [5, 5.41) is 0. The molecule has 0 saturated carbocycles. The van der Waals surface area contributed by atoms with Crippen LogP contribution < -0.4 is 0 Å². The van der Waals surface area contributed by atoms with Gasteiger partial charge in [0.15, 0.2) is 0 Å². The van der Waals surface area contributed by atoms with E-state index in [0.717, 1.165) is 28.1 Å². The highest BCUT2D eigenvalue weighted by molar-refractivity contribution is 5.77. The van der Waals surface area contributed by atoms with Crippen LogP contribution in [0.4, 0.5) is 0 Å². The lowest BCUT2D eigenvalue weighted by atomic mass is 10.0. The minimum absolute atomic E-state index is 0.216. The van der Waals surface area contributed by atoms with Crippen molar-refractivity contribution in [1.29, 1.82) is 0 Å². The number of aromatic nitrogens is 2. The van der Waals surface area contributed by atoms with E-state index in [-0.39, 0.29) is 12.4 Å². The van der Waals surface area contributed by atoms with Gasteiger partial charge in [-0.05, 0) is 36.2 Å². The van der Waals surface area contributed by atoms with Gasteiger partial charge in [0.1, 0.15) is 5.76 Å². The van der Waals surface area contributed by atoms with E-state index in [1.807, 2.05) is 43.7 Å². The summed E-state index contributed by atoms with van der Waals surface area (Å²) in [7, 11) is 0. The summed E-state index contributed by atoms with van der Waals surface area (Å²) in [6.45, 7) is 2.20. The Morgan fingerprint density at radius 1 is 1.27 bits per heavy atom. The molecule has 0 amide bonds. The van der Waals surface area contributed by atoms with E-state index < -0.39 is 0 Å². The summed E-state index contributed by atoms with van der Waals surface area (Å²) in [5.74, 6) is 0.686. The van der Waals surface area contributed by atoms with E-state index in [2.05, 4.69) is 9.97 Å². The first-order chi connectivity index (χ1) is 10.8. The number of ether oxygens (including phenoxy) is 1. The van der Waals surface area contributed by atoms with Gasteiger partial charge in [0, 0.05) is 30.6 Å². The van der Waals surface area contributed by atoms with E-state index in [4.69, 9.17) is 9.15 Å². The second-order valence-corrected chi connectivity index (χ2v) is 5.01. The van der Waals surface area contributed by atoms with Crippen LogP contribution in [-0.4, -0.2) is 22.5 Å². The Hall–Kier alpha value is -2.69. The highest BCUT2D eigenvalue weighted by atomic mass is 16.5. The normalized spacial score (nSPS) is 10.8. The van der Waals surface area contributed by atoms with Gasteiger partial charge in [-0.3, -0.25) is 4.79 Å². The molecule has 22 heavy (non-hydrogen) atoms. The van der Waals surface area contributed by atoms with Crippen LogP contribution >= 0.6 is 0 Å². The van der Waals surface area contributed by atoms with Crippen molar-refractivity contribution >= 4 is 5.97 Å². The monoisotopic (exact) mass is 298 g/mol. The molecule has 0 fully saturated rings. The molecule has 0 aromatic carbocycles. The number of carbonyl (C=O) groups is 1. The smallest absolute Gasteiger partial charge is 0.310 e. The summed E-state index contributed by atoms with van der Waals surface area (Å²) in [6.07, 6.45) is 8.35. The van der Waals surface area contributed by atoms with E-state index in [9.17, 15) is 4.79 Å². The first kappa shape index (κ1) is 14.3. The molecule has 0 radical (unpaired) electrons. The van der Waals surface area contributed by atoms with Crippen LogP contribution in [0, 0.1) is 0 Å². The van der Waals surface area contributed by atoms with Crippen molar-refractivity contribution in [1.82, 2.24) is 9.97 Å². The van der Waals surface area contributed by atoms with Gasteiger partial charge in [0.05, 0.1) is 25.0 Å². The first-order valence-electron chi connectivity index (χ1n) is 7.28. The molecule has 5 heteroatoms. The zero-order chi connectivity index (χ0) is 15.4. The minimum atomic E-state index is -0.216. The number of hydrogen-bond acceptors (Lipinski definition) is 3. The van der Waals surface area contributed by atoms with Gasteiger partial charge in [0.2, 0.25) is 0 Å². The lowest BCUT2D eigenvalue weighted by molar-refractivity contribution is -0.142. The Labute approximate surface area is 128 Å². The van der Waals surface area contributed by atoms with Crippen molar-refractivity contribution < 1.29 is 13.9 Å². The Balaban J connectivity index is 1.85. The Kier molecular flexibility index (Phi) is 4.14. The second kappa shape index (κ2) is 6.39. The predicted molar refractivity (Wildman–Crippen MR) is 82.4 cm³/mol. The topological polar surface area (TPSA) is 71.0 Å². The van der Waals surface area contributed by atoms with E-state index in [0.29, 0.717) is 13.0 Å². The van der Waals surface area contributed by atoms with Gasteiger partial charge >= 0.3 is 5.97 Å². The molecule has 0 spiro atoms. The third-order valence-corrected chi connectivity index (χ3v) is 3.52. The lowest BCUT2D eigenvalue weighted by Gasteiger charge is -2.05. The maximum absolute atomic E-state index is 11.7. The molecule has 0 atom stereocenters. The molecule has 0 aliphatic rings. The number of nitrogens with one attached hydrogen (secondary N) is 2. The summed E-state index contributed by atoms with van der Waals surface area (Å²) in [5.41, 5.74) is 4.03. The third kappa shape index (κ3) is 2.98. The van der Waals surface area contributed by atoms with E-state index >= 15 is 0 Å². The van der Waals surface area contributed by atoms with Crippen molar-refractivity contribution in [3.8, 4) is 11.3 Å². The molecule has 0 aliphatic carbocycles. The van der Waals surface area contributed by atoms with Gasteiger partial charge in [-0.15, -0.1) is 0 Å². The van der Waals surface area contributed by atoms with Crippen molar-refractivity contribution in [2.24, 2.45) is 0 Å². The molecule has 3 heterocycles. The summed E-state index contributed by atoms with van der Waals surface area (Å²) in [4.78, 5) is 18.1. The molecule has 0 saturated heterocycles. The average molecular weight is 298 g/mol. The molecular formula is C17H18N2O3. The maximum atomic E-state index is 11.7. The quantitative estimate of drug-likeness (QED) is 0.686. The van der Waals surface area contributed by atoms with Crippen molar-refractivity contribution in [3.05, 3.63) is 59.9 Å². The van der Waals surface area contributed by atoms with Gasteiger partial charge in [0.25, 0.3) is 0 Å². The number of carbonyl (C=O) groups excluding carboxylic acids is 1. The van der Waals surface area contributed by atoms with Crippen LogP contribution in [0.25, 0.3) is 11.3 Å². The largest absolute Gasteiger partial charge is 0.469 e. The van der Waals surface area contributed by atoms with Crippen molar-refractivity contribution in [3.63, 3.8) is 0 Å². The highest BCUT2D eigenvalue weighted by Gasteiger charge is 2.15.